The topological polar surface area (TPSA) is 43.4 Å². The largest absolute Gasteiger partial charge is 0.537 e. The average molecular weight is 206 g/mol. The Hall–Kier alpha value is -0.300. The first-order valence-corrected chi connectivity index (χ1v) is 4.84. The van der Waals surface area contributed by atoms with Crippen LogP contribution in [0, 0.1) is 0 Å². The van der Waals surface area contributed by atoms with E-state index in [1.807, 2.05) is 0 Å². The van der Waals surface area contributed by atoms with Crippen LogP contribution in [0.5, 0.6) is 0 Å². The van der Waals surface area contributed by atoms with Gasteiger partial charge in [-0.3, -0.25) is 0 Å². The van der Waals surface area contributed by atoms with Crippen molar-refractivity contribution in [1.82, 2.24) is 0 Å². The lowest BCUT2D eigenvalue weighted by Gasteiger charge is -2.06. The Morgan fingerprint density at radius 1 is 1.33 bits per heavy atom. The summed E-state index contributed by atoms with van der Waals surface area (Å²) in [7, 11) is -4.43. The number of halogens is 3. The van der Waals surface area contributed by atoms with Gasteiger partial charge >= 0.3 is 6.36 Å². The molecule has 74 valence electrons. The Bertz CT molecular complexity index is 219. The third-order valence-electron chi connectivity index (χ3n) is 0.969. The second-order valence-electron chi connectivity index (χ2n) is 2.14. The van der Waals surface area contributed by atoms with Crippen LogP contribution in [0.4, 0.5) is 13.2 Å². The first-order chi connectivity index (χ1) is 5.27. The van der Waals surface area contributed by atoms with Crippen molar-refractivity contribution in [2.45, 2.75) is 26.1 Å². The summed E-state index contributed by atoms with van der Waals surface area (Å²) in [5.74, 6) is -0.594. The van der Waals surface area contributed by atoms with E-state index in [2.05, 4.69) is 4.18 Å². The molecule has 0 aromatic carbocycles. The molecule has 0 aliphatic carbocycles. The molecule has 0 spiro atoms. The van der Waals surface area contributed by atoms with E-state index < -0.39 is 22.2 Å². The molecule has 0 aliphatic heterocycles. The second-order valence-corrected chi connectivity index (χ2v) is 3.83. The Kier molecular flexibility index (Phi) is 3.98. The van der Waals surface area contributed by atoms with Gasteiger partial charge in [0.25, 0.3) is 10.1 Å². The second kappa shape index (κ2) is 4.08. The summed E-state index contributed by atoms with van der Waals surface area (Å²) in [4.78, 5) is 0. The molecule has 0 heterocycles. The summed E-state index contributed by atoms with van der Waals surface area (Å²) < 4.78 is 58.0. The summed E-state index contributed by atoms with van der Waals surface area (Å²) in [6.45, 7) is 1.67. The van der Waals surface area contributed by atoms with Crippen molar-refractivity contribution in [2.75, 3.05) is 5.75 Å². The van der Waals surface area contributed by atoms with Gasteiger partial charge in [-0.1, -0.05) is 13.3 Å². The minimum Gasteiger partial charge on any atom is -0.199 e. The van der Waals surface area contributed by atoms with Crippen molar-refractivity contribution in [3.8, 4) is 0 Å². The van der Waals surface area contributed by atoms with Crippen molar-refractivity contribution >= 4 is 10.1 Å². The Balaban J connectivity index is 4.06. The molecular formula is C5H9F3O3S. The van der Waals surface area contributed by atoms with Crippen LogP contribution in [0.25, 0.3) is 0 Å². The fraction of sp³-hybridized carbons (Fsp3) is 1.00. The van der Waals surface area contributed by atoms with Gasteiger partial charge in [0, 0.05) is 0 Å². The number of hydrogen-bond acceptors (Lipinski definition) is 3. The van der Waals surface area contributed by atoms with Crippen molar-refractivity contribution < 1.29 is 25.8 Å². The van der Waals surface area contributed by atoms with E-state index in [9.17, 15) is 21.6 Å². The smallest absolute Gasteiger partial charge is 0.199 e. The lowest BCUT2D eigenvalue weighted by atomic mass is 10.4. The van der Waals surface area contributed by atoms with Gasteiger partial charge in [0.2, 0.25) is 0 Å². The summed E-state index contributed by atoms with van der Waals surface area (Å²) in [5, 5.41) is 0. The third kappa shape index (κ3) is 6.41. The van der Waals surface area contributed by atoms with Gasteiger partial charge in [0.05, 0.1) is 5.75 Å². The summed E-state index contributed by atoms with van der Waals surface area (Å²) in [6.07, 6.45) is -4.44. The average Bonchev–Trinajstić information content (AvgIpc) is 1.78. The van der Waals surface area contributed by atoms with Gasteiger partial charge in [-0.05, 0) is 6.42 Å². The monoisotopic (exact) mass is 206 g/mol. The first kappa shape index (κ1) is 11.7. The number of rotatable bonds is 4. The molecule has 3 nitrogen and oxygen atoms in total. The van der Waals surface area contributed by atoms with Crippen LogP contribution in [0.1, 0.15) is 19.8 Å². The highest BCUT2D eigenvalue weighted by atomic mass is 32.2. The highest BCUT2D eigenvalue weighted by Gasteiger charge is 2.36. The van der Waals surface area contributed by atoms with Crippen molar-refractivity contribution in [3.63, 3.8) is 0 Å². The predicted octanol–water partition coefficient (Wildman–Crippen LogP) is 1.65. The van der Waals surface area contributed by atoms with Gasteiger partial charge in [0.1, 0.15) is 0 Å². The van der Waals surface area contributed by atoms with E-state index in [0.717, 1.165) is 0 Å². The quantitative estimate of drug-likeness (QED) is 0.657. The maximum Gasteiger partial charge on any atom is 0.537 e. The number of alkyl halides is 3. The van der Waals surface area contributed by atoms with Gasteiger partial charge in [0.15, 0.2) is 0 Å². The standard InChI is InChI=1S/C5H9F3O3S/c1-2-3-4-12(9,10)11-5(6,7)8/h2-4H2,1H3. The predicted molar refractivity (Wildman–Crippen MR) is 35.8 cm³/mol. The van der Waals surface area contributed by atoms with Crippen LogP contribution in [0.2, 0.25) is 0 Å². The molecule has 0 aromatic rings. The SMILES string of the molecule is CCCCS(=O)(=O)OC(F)(F)F. The van der Waals surface area contributed by atoms with Gasteiger partial charge in [-0.2, -0.15) is 12.6 Å². The minimum atomic E-state index is -5.10. The molecule has 7 heteroatoms. The van der Waals surface area contributed by atoms with E-state index in [-0.39, 0.29) is 6.42 Å². The zero-order chi connectivity index (χ0) is 9.83. The molecule has 0 rings (SSSR count). The fourth-order valence-corrected chi connectivity index (χ4v) is 1.52. The van der Waals surface area contributed by atoms with Gasteiger partial charge < -0.3 is 0 Å². The molecule has 0 aromatic heterocycles. The van der Waals surface area contributed by atoms with Crippen molar-refractivity contribution in [3.05, 3.63) is 0 Å². The number of hydrogen-bond donors (Lipinski definition) is 0. The van der Waals surface area contributed by atoms with E-state index in [4.69, 9.17) is 0 Å². The lowest BCUT2D eigenvalue weighted by molar-refractivity contribution is -0.271. The maximum atomic E-state index is 11.4. The molecule has 0 radical (unpaired) electrons. The fourth-order valence-electron chi connectivity index (χ4n) is 0.507. The summed E-state index contributed by atoms with van der Waals surface area (Å²) in [5.41, 5.74) is 0. The molecule has 0 atom stereocenters. The maximum absolute atomic E-state index is 11.4. The highest BCUT2D eigenvalue weighted by molar-refractivity contribution is 7.86. The van der Waals surface area contributed by atoms with Crippen LogP contribution >= 0.6 is 0 Å². The first-order valence-electron chi connectivity index (χ1n) is 3.27. The van der Waals surface area contributed by atoms with E-state index in [0.29, 0.717) is 6.42 Å². The zero-order valence-electron chi connectivity index (χ0n) is 6.39. The third-order valence-corrected chi connectivity index (χ3v) is 2.20. The molecule has 0 aliphatic rings. The zero-order valence-corrected chi connectivity index (χ0v) is 7.20. The Morgan fingerprint density at radius 3 is 2.17 bits per heavy atom. The lowest BCUT2D eigenvalue weighted by Crippen LogP contribution is -2.21. The van der Waals surface area contributed by atoms with E-state index in [1.54, 1.807) is 6.92 Å². The molecule has 0 saturated heterocycles. The van der Waals surface area contributed by atoms with E-state index in [1.165, 1.54) is 0 Å². The molecular weight excluding hydrogens is 197 g/mol. The van der Waals surface area contributed by atoms with Crippen LogP contribution in [-0.2, 0) is 14.3 Å². The summed E-state index contributed by atoms with van der Waals surface area (Å²) in [6, 6.07) is 0. The molecule has 0 saturated carbocycles. The summed E-state index contributed by atoms with van der Waals surface area (Å²) >= 11 is 0. The van der Waals surface area contributed by atoms with Gasteiger partial charge in [-0.25, -0.2) is 0 Å². The highest BCUT2D eigenvalue weighted by Crippen LogP contribution is 2.20. The Labute approximate surface area is 68.6 Å². The van der Waals surface area contributed by atoms with Crippen LogP contribution in [0.15, 0.2) is 0 Å². The van der Waals surface area contributed by atoms with Crippen LogP contribution in [-0.4, -0.2) is 20.5 Å². The van der Waals surface area contributed by atoms with Crippen LogP contribution in [0.3, 0.4) is 0 Å². The molecule has 0 unspecified atom stereocenters. The molecule has 0 amide bonds. The number of unbranched alkanes of at least 4 members (excludes halogenated alkanes) is 1. The van der Waals surface area contributed by atoms with Crippen molar-refractivity contribution in [2.24, 2.45) is 0 Å². The minimum absolute atomic E-state index is 0.165. The van der Waals surface area contributed by atoms with Crippen LogP contribution < -0.4 is 0 Å². The molecule has 0 bridgehead atoms. The normalized spacial score (nSPS) is 13.3. The molecule has 0 N–H and O–H groups in total. The molecule has 12 heavy (non-hydrogen) atoms. The Morgan fingerprint density at radius 2 is 1.83 bits per heavy atom. The molecule has 0 fully saturated rings. The van der Waals surface area contributed by atoms with E-state index >= 15 is 0 Å². The van der Waals surface area contributed by atoms with Crippen molar-refractivity contribution in [1.29, 1.82) is 0 Å². The van der Waals surface area contributed by atoms with Gasteiger partial charge in [-0.15, -0.1) is 13.2 Å².